The number of nitrogens with zero attached hydrogens (tertiary/aromatic N) is 2. The number of rotatable bonds is 5. The summed E-state index contributed by atoms with van der Waals surface area (Å²) in [6.45, 7) is 6.37. The second-order valence-corrected chi connectivity index (χ2v) is 10.1. The summed E-state index contributed by atoms with van der Waals surface area (Å²) < 4.78 is 38.8. The third-order valence-electron chi connectivity index (χ3n) is 5.31. The van der Waals surface area contributed by atoms with E-state index in [9.17, 15) is 22.4 Å². The SMILES string of the molecule is CC(=O)c1ccc(N2CCN(C(=O)c3ccc(S(=O)(=O)C(C)C)cc3)CC2)c(F)c1. The summed E-state index contributed by atoms with van der Waals surface area (Å²) in [5.74, 6) is -0.831. The van der Waals surface area contributed by atoms with E-state index in [-0.39, 0.29) is 16.6 Å². The minimum Gasteiger partial charge on any atom is -0.366 e. The Labute approximate surface area is 176 Å². The van der Waals surface area contributed by atoms with E-state index >= 15 is 0 Å². The molecule has 160 valence electrons. The van der Waals surface area contributed by atoms with Crippen LogP contribution < -0.4 is 4.90 Å². The highest BCUT2D eigenvalue weighted by Crippen LogP contribution is 2.23. The van der Waals surface area contributed by atoms with Crippen molar-refractivity contribution in [3.05, 3.63) is 59.4 Å². The van der Waals surface area contributed by atoms with E-state index in [1.165, 1.54) is 37.3 Å². The van der Waals surface area contributed by atoms with E-state index in [4.69, 9.17) is 0 Å². The zero-order valence-electron chi connectivity index (χ0n) is 17.3. The predicted molar refractivity (Wildman–Crippen MR) is 113 cm³/mol. The fourth-order valence-electron chi connectivity index (χ4n) is 3.37. The second-order valence-electron chi connectivity index (χ2n) is 7.62. The topological polar surface area (TPSA) is 74.8 Å². The monoisotopic (exact) mass is 432 g/mol. The Balaban J connectivity index is 1.66. The van der Waals surface area contributed by atoms with E-state index < -0.39 is 20.9 Å². The van der Waals surface area contributed by atoms with Crippen molar-refractivity contribution in [2.45, 2.75) is 30.9 Å². The average molecular weight is 433 g/mol. The van der Waals surface area contributed by atoms with Crippen molar-refractivity contribution >= 4 is 27.2 Å². The molecular formula is C22H25FN2O4S. The molecule has 1 amide bonds. The van der Waals surface area contributed by atoms with Crippen LogP contribution in [0.25, 0.3) is 0 Å². The van der Waals surface area contributed by atoms with Crippen LogP contribution in [0.2, 0.25) is 0 Å². The lowest BCUT2D eigenvalue weighted by Gasteiger charge is -2.36. The molecule has 1 heterocycles. The minimum atomic E-state index is -3.38. The molecule has 2 aromatic carbocycles. The molecule has 30 heavy (non-hydrogen) atoms. The first kappa shape index (κ1) is 22.0. The number of carbonyl (C=O) groups is 2. The lowest BCUT2D eigenvalue weighted by atomic mass is 10.1. The number of Topliss-reactive ketones (excluding diaryl/α,β-unsaturated/α-hetero) is 1. The Morgan fingerprint density at radius 3 is 2.00 bits per heavy atom. The van der Waals surface area contributed by atoms with Gasteiger partial charge in [-0.3, -0.25) is 9.59 Å². The number of carbonyl (C=O) groups excluding carboxylic acids is 2. The highest BCUT2D eigenvalue weighted by molar-refractivity contribution is 7.92. The van der Waals surface area contributed by atoms with Crippen molar-refractivity contribution in [2.75, 3.05) is 31.1 Å². The molecule has 1 aliphatic rings. The average Bonchev–Trinajstić information content (AvgIpc) is 2.73. The molecule has 6 nitrogen and oxygen atoms in total. The molecule has 2 aromatic rings. The Morgan fingerprint density at radius 1 is 0.933 bits per heavy atom. The number of amides is 1. The van der Waals surface area contributed by atoms with Crippen molar-refractivity contribution < 1.29 is 22.4 Å². The van der Waals surface area contributed by atoms with Crippen LogP contribution in [-0.4, -0.2) is 56.4 Å². The number of piperazine rings is 1. The van der Waals surface area contributed by atoms with Crippen LogP contribution in [0.5, 0.6) is 0 Å². The van der Waals surface area contributed by atoms with Crippen molar-refractivity contribution in [2.24, 2.45) is 0 Å². The first-order valence-corrected chi connectivity index (χ1v) is 11.3. The molecule has 0 aromatic heterocycles. The number of halogens is 1. The number of hydrogen-bond acceptors (Lipinski definition) is 5. The normalized spacial score (nSPS) is 14.8. The largest absolute Gasteiger partial charge is 0.366 e. The van der Waals surface area contributed by atoms with Crippen LogP contribution >= 0.6 is 0 Å². The van der Waals surface area contributed by atoms with E-state index in [1.807, 2.05) is 4.90 Å². The number of hydrogen-bond donors (Lipinski definition) is 0. The van der Waals surface area contributed by atoms with E-state index in [2.05, 4.69) is 0 Å². The van der Waals surface area contributed by atoms with Gasteiger partial charge in [0.05, 0.1) is 15.8 Å². The van der Waals surface area contributed by atoms with Gasteiger partial charge in [-0.1, -0.05) is 0 Å². The number of benzene rings is 2. The van der Waals surface area contributed by atoms with Crippen LogP contribution in [0.3, 0.4) is 0 Å². The molecule has 1 saturated heterocycles. The third-order valence-corrected chi connectivity index (χ3v) is 7.48. The maximum atomic E-state index is 14.4. The lowest BCUT2D eigenvalue weighted by Crippen LogP contribution is -2.49. The molecule has 0 atom stereocenters. The fourth-order valence-corrected chi connectivity index (χ4v) is 4.43. The van der Waals surface area contributed by atoms with E-state index in [0.717, 1.165) is 0 Å². The van der Waals surface area contributed by atoms with Crippen molar-refractivity contribution in [3.8, 4) is 0 Å². The second kappa shape index (κ2) is 8.55. The zero-order valence-corrected chi connectivity index (χ0v) is 18.1. The molecule has 0 bridgehead atoms. The van der Waals surface area contributed by atoms with Crippen LogP contribution in [0.15, 0.2) is 47.4 Å². The minimum absolute atomic E-state index is 0.185. The van der Waals surface area contributed by atoms with Crippen LogP contribution in [0, 0.1) is 5.82 Å². The highest BCUT2D eigenvalue weighted by atomic mass is 32.2. The van der Waals surface area contributed by atoms with Crippen molar-refractivity contribution in [1.29, 1.82) is 0 Å². The number of anilines is 1. The highest BCUT2D eigenvalue weighted by Gasteiger charge is 2.25. The van der Waals surface area contributed by atoms with Crippen LogP contribution in [0.1, 0.15) is 41.5 Å². The fraction of sp³-hybridized carbons (Fsp3) is 0.364. The van der Waals surface area contributed by atoms with Crippen LogP contribution in [0.4, 0.5) is 10.1 Å². The van der Waals surface area contributed by atoms with Gasteiger partial charge in [0.1, 0.15) is 5.82 Å². The first-order chi connectivity index (χ1) is 14.1. The van der Waals surface area contributed by atoms with E-state index in [1.54, 1.807) is 30.9 Å². The standard InChI is InChI=1S/C22H25FN2O4S/c1-15(2)30(28,29)19-7-4-17(5-8-19)22(27)25-12-10-24(11-13-25)21-9-6-18(16(3)26)14-20(21)23/h4-9,14-15H,10-13H2,1-3H3. The van der Waals surface area contributed by atoms with Gasteiger partial charge < -0.3 is 9.80 Å². The Kier molecular flexibility index (Phi) is 6.26. The maximum absolute atomic E-state index is 14.4. The van der Waals surface area contributed by atoms with Gasteiger partial charge in [0.2, 0.25) is 0 Å². The lowest BCUT2D eigenvalue weighted by molar-refractivity contribution is 0.0746. The predicted octanol–water partition coefficient (Wildman–Crippen LogP) is 3.17. The quantitative estimate of drug-likeness (QED) is 0.679. The summed E-state index contributed by atoms with van der Waals surface area (Å²) in [5, 5.41) is -0.531. The van der Waals surface area contributed by atoms with Gasteiger partial charge >= 0.3 is 0 Å². The Morgan fingerprint density at radius 2 is 1.50 bits per heavy atom. The summed E-state index contributed by atoms with van der Waals surface area (Å²) in [4.78, 5) is 27.9. The van der Waals surface area contributed by atoms with Gasteiger partial charge in [-0.05, 0) is 63.2 Å². The summed E-state index contributed by atoms with van der Waals surface area (Å²) >= 11 is 0. The van der Waals surface area contributed by atoms with Gasteiger partial charge in [0, 0.05) is 37.3 Å². The molecule has 1 aliphatic heterocycles. The Bertz CT molecular complexity index is 1060. The third kappa shape index (κ3) is 4.38. The zero-order chi connectivity index (χ0) is 22.1. The van der Waals surface area contributed by atoms with Gasteiger partial charge in [0.25, 0.3) is 5.91 Å². The molecule has 0 saturated carbocycles. The molecule has 0 aliphatic carbocycles. The summed E-state index contributed by atoms with van der Waals surface area (Å²) in [5.41, 5.74) is 1.16. The van der Waals surface area contributed by atoms with Crippen molar-refractivity contribution in [3.63, 3.8) is 0 Å². The molecule has 0 unspecified atom stereocenters. The maximum Gasteiger partial charge on any atom is 0.253 e. The van der Waals surface area contributed by atoms with Gasteiger partial charge in [-0.25, -0.2) is 12.8 Å². The summed E-state index contributed by atoms with van der Waals surface area (Å²) in [6, 6.07) is 10.4. The molecule has 0 radical (unpaired) electrons. The number of ketones is 1. The Hall–Kier alpha value is -2.74. The molecule has 0 spiro atoms. The summed E-state index contributed by atoms with van der Waals surface area (Å²) in [6.07, 6.45) is 0. The van der Waals surface area contributed by atoms with Crippen molar-refractivity contribution in [1.82, 2.24) is 4.90 Å². The van der Waals surface area contributed by atoms with Gasteiger partial charge in [-0.2, -0.15) is 0 Å². The smallest absolute Gasteiger partial charge is 0.253 e. The molecule has 1 fully saturated rings. The molecular weight excluding hydrogens is 407 g/mol. The van der Waals surface area contributed by atoms with Gasteiger partial charge in [0.15, 0.2) is 15.6 Å². The number of sulfone groups is 1. The van der Waals surface area contributed by atoms with Gasteiger partial charge in [-0.15, -0.1) is 0 Å². The first-order valence-electron chi connectivity index (χ1n) is 9.80. The van der Waals surface area contributed by atoms with E-state index in [0.29, 0.717) is 43.0 Å². The molecule has 8 heteroatoms. The summed E-state index contributed by atoms with van der Waals surface area (Å²) in [7, 11) is -3.38. The molecule has 3 rings (SSSR count). The molecule has 0 N–H and O–H groups in total. The van der Waals surface area contributed by atoms with Crippen LogP contribution in [-0.2, 0) is 9.84 Å².